The Morgan fingerprint density at radius 1 is 1.39 bits per heavy atom. The highest BCUT2D eigenvalue weighted by Crippen LogP contribution is 2.36. The summed E-state index contributed by atoms with van der Waals surface area (Å²) < 4.78 is 11.4. The summed E-state index contributed by atoms with van der Waals surface area (Å²) in [6, 6.07) is 6.93. The number of fused-ring (bicyclic) bond motifs is 1. The van der Waals surface area contributed by atoms with Crippen molar-refractivity contribution in [2.75, 3.05) is 26.9 Å². The molecule has 1 N–H and O–H groups in total. The zero-order valence-corrected chi connectivity index (χ0v) is 10.9. The van der Waals surface area contributed by atoms with Crippen molar-refractivity contribution in [2.45, 2.75) is 25.3 Å². The predicted octanol–water partition coefficient (Wildman–Crippen LogP) is 2.31. The highest BCUT2D eigenvalue weighted by atomic mass is 16.5. The molecule has 0 aromatic heterocycles. The quantitative estimate of drug-likeness (QED) is 0.885. The molecule has 2 aliphatic rings. The van der Waals surface area contributed by atoms with Crippen molar-refractivity contribution in [2.24, 2.45) is 5.92 Å². The predicted molar refractivity (Wildman–Crippen MR) is 71.0 cm³/mol. The fourth-order valence-corrected chi connectivity index (χ4v) is 2.98. The van der Waals surface area contributed by atoms with Gasteiger partial charge < -0.3 is 14.8 Å². The maximum Gasteiger partial charge on any atom is 0.122 e. The second-order valence-corrected chi connectivity index (χ2v) is 5.24. The van der Waals surface area contributed by atoms with Gasteiger partial charge in [-0.3, -0.25) is 0 Å². The topological polar surface area (TPSA) is 30.5 Å². The van der Waals surface area contributed by atoms with E-state index in [2.05, 4.69) is 23.5 Å². The minimum Gasteiger partial charge on any atom is -0.493 e. The molecule has 98 valence electrons. The van der Waals surface area contributed by atoms with Crippen LogP contribution in [0.1, 0.15) is 30.0 Å². The monoisotopic (exact) mass is 247 g/mol. The van der Waals surface area contributed by atoms with E-state index in [9.17, 15) is 0 Å². The molecule has 1 aromatic rings. The van der Waals surface area contributed by atoms with Gasteiger partial charge in [0.25, 0.3) is 0 Å². The average Bonchev–Trinajstić information content (AvgIpc) is 3.05. The Labute approximate surface area is 108 Å². The van der Waals surface area contributed by atoms with Gasteiger partial charge in [0.15, 0.2) is 0 Å². The molecular weight excluding hydrogens is 226 g/mol. The molecule has 1 heterocycles. The summed E-state index contributed by atoms with van der Waals surface area (Å²) in [5, 5.41) is 3.37. The third-order valence-electron chi connectivity index (χ3n) is 4.07. The lowest BCUT2D eigenvalue weighted by Gasteiger charge is -2.15. The third kappa shape index (κ3) is 2.25. The van der Waals surface area contributed by atoms with Crippen LogP contribution < -0.4 is 10.1 Å². The Morgan fingerprint density at radius 2 is 2.33 bits per heavy atom. The molecule has 0 radical (unpaired) electrons. The van der Waals surface area contributed by atoms with Crippen molar-refractivity contribution < 1.29 is 9.47 Å². The minimum atomic E-state index is 0.498. The summed E-state index contributed by atoms with van der Waals surface area (Å²) >= 11 is 0. The van der Waals surface area contributed by atoms with E-state index in [1.54, 1.807) is 0 Å². The standard InChI is InChI=1S/C15H21NO2/c1-16-14-6-5-13-12(14)3-2-4-15(13)18-10-11-7-8-17-9-11/h2-4,11,14,16H,5-10H2,1H3. The molecular formula is C15H21NO2. The second kappa shape index (κ2) is 5.29. The summed E-state index contributed by atoms with van der Waals surface area (Å²) in [4.78, 5) is 0. The molecule has 18 heavy (non-hydrogen) atoms. The van der Waals surface area contributed by atoms with Gasteiger partial charge in [0, 0.05) is 18.6 Å². The van der Waals surface area contributed by atoms with Gasteiger partial charge >= 0.3 is 0 Å². The SMILES string of the molecule is CNC1CCc2c(OCC3CCOC3)cccc21. The molecule has 1 saturated heterocycles. The van der Waals surface area contributed by atoms with Gasteiger partial charge in [-0.05, 0) is 43.5 Å². The first-order valence-electron chi connectivity index (χ1n) is 6.88. The molecule has 0 spiro atoms. The van der Waals surface area contributed by atoms with Crippen LogP contribution in [0.15, 0.2) is 18.2 Å². The molecule has 0 amide bonds. The van der Waals surface area contributed by atoms with Crippen molar-refractivity contribution in [3.63, 3.8) is 0 Å². The smallest absolute Gasteiger partial charge is 0.122 e. The number of hydrogen-bond acceptors (Lipinski definition) is 3. The van der Waals surface area contributed by atoms with E-state index >= 15 is 0 Å². The molecule has 1 aliphatic carbocycles. The average molecular weight is 247 g/mol. The molecule has 2 atom stereocenters. The van der Waals surface area contributed by atoms with Crippen molar-refractivity contribution in [1.82, 2.24) is 5.32 Å². The van der Waals surface area contributed by atoms with Crippen molar-refractivity contribution >= 4 is 0 Å². The van der Waals surface area contributed by atoms with Gasteiger partial charge in [-0.15, -0.1) is 0 Å². The lowest BCUT2D eigenvalue weighted by atomic mass is 10.1. The van der Waals surface area contributed by atoms with Crippen LogP contribution in [0.2, 0.25) is 0 Å². The Morgan fingerprint density at radius 3 is 3.11 bits per heavy atom. The molecule has 0 saturated carbocycles. The Kier molecular flexibility index (Phi) is 3.52. The Bertz CT molecular complexity index is 413. The van der Waals surface area contributed by atoms with Crippen LogP contribution >= 0.6 is 0 Å². The van der Waals surface area contributed by atoms with Gasteiger partial charge in [-0.25, -0.2) is 0 Å². The van der Waals surface area contributed by atoms with E-state index in [4.69, 9.17) is 9.47 Å². The third-order valence-corrected chi connectivity index (χ3v) is 4.07. The molecule has 3 heteroatoms. The first kappa shape index (κ1) is 12.0. The minimum absolute atomic E-state index is 0.498. The zero-order valence-electron chi connectivity index (χ0n) is 10.9. The van der Waals surface area contributed by atoms with Crippen LogP contribution in [0.25, 0.3) is 0 Å². The van der Waals surface area contributed by atoms with E-state index in [1.165, 1.54) is 17.5 Å². The summed E-state index contributed by atoms with van der Waals surface area (Å²) in [5.74, 6) is 1.65. The summed E-state index contributed by atoms with van der Waals surface area (Å²) in [6.45, 7) is 2.54. The molecule has 1 fully saturated rings. The first-order valence-corrected chi connectivity index (χ1v) is 6.88. The van der Waals surface area contributed by atoms with E-state index in [0.29, 0.717) is 12.0 Å². The van der Waals surface area contributed by atoms with E-state index in [1.807, 2.05) is 7.05 Å². The molecule has 3 rings (SSSR count). The van der Waals surface area contributed by atoms with Crippen LogP contribution in [0.5, 0.6) is 5.75 Å². The number of rotatable bonds is 4. The van der Waals surface area contributed by atoms with Crippen LogP contribution in [0, 0.1) is 5.92 Å². The van der Waals surface area contributed by atoms with Gasteiger partial charge in [0.05, 0.1) is 13.2 Å². The van der Waals surface area contributed by atoms with Crippen LogP contribution in [0.3, 0.4) is 0 Å². The van der Waals surface area contributed by atoms with E-state index in [0.717, 1.165) is 38.4 Å². The molecule has 3 nitrogen and oxygen atoms in total. The number of nitrogens with one attached hydrogen (secondary N) is 1. The highest BCUT2D eigenvalue weighted by molar-refractivity contribution is 5.45. The number of benzene rings is 1. The summed E-state index contributed by atoms with van der Waals surface area (Å²) in [5.41, 5.74) is 2.81. The molecule has 1 aromatic carbocycles. The number of hydrogen-bond donors (Lipinski definition) is 1. The van der Waals surface area contributed by atoms with E-state index < -0.39 is 0 Å². The maximum absolute atomic E-state index is 6.02. The van der Waals surface area contributed by atoms with Crippen molar-refractivity contribution in [3.8, 4) is 5.75 Å². The summed E-state index contributed by atoms with van der Waals surface area (Å²) in [6.07, 6.45) is 3.44. The largest absolute Gasteiger partial charge is 0.493 e. The Hall–Kier alpha value is -1.06. The van der Waals surface area contributed by atoms with E-state index in [-0.39, 0.29) is 0 Å². The fourth-order valence-electron chi connectivity index (χ4n) is 2.98. The van der Waals surface area contributed by atoms with Gasteiger partial charge in [-0.1, -0.05) is 12.1 Å². The molecule has 1 aliphatic heterocycles. The first-order chi connectivity index (χ1) is 8.88. The van der Waals surface area contributed by atoms with Crippen LogP contribution in [0.4, 0.5) is 0 Å². The maximum atomic E-state index is 6.02. The summed E-state index contributed by atoms with van der Waals surface area (Å²) in [7, 11) is 2.03. The Balaban J connectivity index is 1.71. The van der Waals surface area contributed by atoms with Gasteiger partial charge in [0.2, 0.25) is 0 Å². The second-order valence-electron chi connectivity index (χ2n) is 5.24. The number of ether oxygens (including phenoxy) is 2. The van der Waals surface area contributed by atoms with Gasteiger partial charge in [-0.2, -0.15) is 0 Å². The van der Waals surface area contributed by atoms with Crippen molar-refractivity contribution in [3.05, 3.63) is 29.3 Å². The normalized spacial score (nSPS) is 26.3. The van der Waals surface area contributed by atoms with Crippen molar-refractivity contribution in [1.29, 1.82) is 0 Å². The highest BCUT2D eigenvalue weighted by Gasteiger charge is 2.24. The van der Waals surface area contributed by atoms with Crippen LogP contribution in [-0.4, -0.2) is 26.9 Å². The lowest BCUT2D eigenvalue weighted by Crippen LogP contribution is -2.14. The lowest BCUT2D eigenvalue weighted by molar-refractivity contribution is 0.167. The zero-order chi connectivity index (χ0) is 12.4. The molecule has 2 unspecified atom stereocenters. The van der Waals surface area contributed by atoms with Gasteiger partial charge in [0.1, 0.15) is 5.75 Å². The van der Waals surface area contributed by atoms with Crippen LogP contribution in [-0.2, 0) is 11.2 Å². The fraction of sp³-hybridized carbons (Fsp3) is 0.600. The molecule has 0 bridgehead atoms.